The summed E-state index contributed by atoms with van der Waals surface area (Å²) in [5, 5.41) is 2.98. The predicted octanol–water partition coefficient (Wildman–Crippen LogP) is 4.14. The van der Waals surface area contributed by atoms with Crippen molar-refractivity contribution in [3.05, 3.63) is 95.8 Å². The number of nitrogens with one attached hydrogen (secondary N) is 1. The quantitative estimate of drug-likeness (QED) is 0.491. The van der Waals surface area contributed by atoms with E-state index in [-0.39, 0.29) is 5.91 Å². The molecule has 3 aromatic carbocycles. The minimum atomic E-state index is -0.112. The van der Waals surface area contributed by atoms with Crippen molar-refractivity contribution in [1.29, 1.82) is 0 Å². The maximum atomic E-state index is 12.5. The van der Waals surface area contributed by atoms with Crippen LogP contribution in [0.3, 0.4) is 0 Å². The van der Waals surface area contributed by atoms with Crippen molar-refractivity contribution < 1.29 is 4.79 Å². The first-order valence-electron chi connectivity index (χ1n) is 11.5. The zero-order valence-corrected chi connectivity index (χ0v) is 18.9. The Labute approximate surface area is 194 Å². The fourth-order valence-corrected chi connectivity index (χ4v) is 4.41. The smallest absolute Gasteiger partial charge is 0.255 e. The number of aryl methyl sites for hydroxylation is 1. The van der Waals surface area contributed by atoms with Gasteiger partial charge in [-0.25, -0.2) is 4.98 Å². The van der Waals surface area contributed by atoms with E-state index in [0.29, 0.717) is 5.56 Å². The number of hydrogen-bond donors (Lipinski definition) is 1. The Morgan fingerprint density at radius 1 is 0.848 bits per heavy atom. The Kier molecular flexibility index (Phi) is 6.19. The first-order chi connectivity index (χ1) is 16.2. The minimum Gasteiger partial charge on any atom is -0.330 e. The molecular weight excluding hydrogens is 410 g/mol. The predicted molar refractivity (Wildman–Crippen MR) is 132 cm³/mol. The highest BCUT2D eigenvalue weighted by atomic mass is 16.1. The molecule has 1 aliphatic rings. The van der Waals surface area contributed by atoms with Crippen LogP contribution in [-0.2, 0) is 20.1 Å². The third kappa shape index (κ3) is 4.97. The summed E-state index contributed by atoms with van der Waals surface area (Å²) in [5.41, 5.74) is 4.75. The van der Waals surface area contributed by atoms with Crippen LogP contribution < -0.4 is 5.32 Å². The van der Waals surface area contributed by atoms with Crippen LogP contribution in [0.15, 0.2) is 78.9 Å². The molecule has 0 bridgehead atoms. The zero-order chi connectivity index (χ0) is 22.6. The molecule has 1 amide bonds. The van der Waals surface area contributed by atoms with Crippen LogP contribution in [0.25, 0.3) is 11.0 Å². The molecule has 5 rings (SSSR count). The Balaban J connectivity index is 1.22. The number of benzene rings is 3. The lowest BCUT2D eigenvalue weighted by molar-refractivity contribution is 0.102. The molecule has 1 fully saturated rings. The van der Waals surface area contributed by atoms with E-state index >= 15 is 0 Å². The first kappa shape index (κ1) is 21.4. The van der Waals surface area contributed by atoms with Crippen molar-refractivity contribution in [3.8, 4) is 0 Å². The van der Waals surface area contributed by atoms with Gasteiger partial charge < -0.3 is 9.88 Å². The number of nitrogens with zero attached hydrogens (tertiary/aromatic N) is 4. The summed E-state index contributed by atoms with van der Waals surface area (Å²) in [6, 6.07) is 25.9. The molecular formula is C27H29N5O. The maximum Gasteiger partial charge on any atom is 0.255 e. The second-order valence-electron chi connectivity index (χ2n) is 8.65. The molecule has 0 aliphatic carbocycles. The van der Waals surface area contributed by atoms with Gasteiger partial charge in [0.25, 0.3) is 5.91 Å². The van der Waals surface area contributed by atoms with E-state index in [4.69, 9.17) is 4.98 Å². The molecule has 6 nitrogen and oxygen atoms in total. The summed E-state index contributed by atoms with van der Waals surface area (Å²) in [7, 11) is 2.07. The molecule has 6 heteroatoms. The first-order valence-corrected chi connectivity index (χ1v) is 11.5. The van der Waals surface area contributed by atoms with Crippen LogP contribution in [-0.4, -0.2) is 51.4 Å². The van der Waals surface area contributed by atoms with Gasteiger partial charge in [-0.1, -0.05) is 48.5 Å². The van der Waals surface area contributed by atoms with Crippen LogP contribution in [0.5, 0.6) is 0 Å². The van der Waals surface area contributed by atoms with Crippen molar-refractivity contribution in [1.82, 2.24) is 19.4 Å². The number of rotatable bonds is 6. The number of anilines is 1. The standard InChI is InChI=1S/C27H29N5O/c1-30-25-13-12-23(28-27(33)22-10-6-3-7-11-22)18-24(25)29-26(30)20-32-16-14-31(15-17-32)19-21-8-4-2-5-9-21/h2-13,18H,14-17,19-20H2,1H3,(H,28,33). The molecule has 0 atom stereocenters. The minimum absolute atomic E-state index is 0.112. The molecule has 1 saturated heterocycles. The molecule has 1 N–H and O–H groups in total. The van der Waals surface area contributed by atoms with E-state index in [9.17, 15) is 4.79 Å². The number of piperazine rings is 1. The average Bonchev–Trinajstić information content (AvgIpc) is 3.16. The number of imidazole rings is 1. The third-order valence-electron chi connectivity index (χ3n) is 6.35. The summed E-state index contributed by atoms with van der Waals surface area (Å²) in [5.74, 6) is 0.938. The van der Waals surface area contributed by atoms with Crippen LogP contribution in [0.4, 0.5) is 5.69 Å². The van der Waals surface area contributed by atoms with Gasteiger partial charge in [-0.3, -0.25) is 14.6 Å². The summed E-state index contributed by atoms with van der Waals surface area (Å²) in [6.45, 7) is 6.04. The van der Waals surface area contributed by atoms with Crippen LogP contribution in [0.1, 0.15) is 21.7 Å². The fourth-order valence-electron chi connectivity index (χ4n) is 4.41. The molecule has 0 unspecified atom stereocenters. The topological polar surface area (TPSA) is 53.4 Å². The van der Waals surface area contributed by atoms with Gasteiger partial charge >= 0.3 is 0 Å². The molecule has 33 heavy (non-hydrogen) atoms. The second-order valence-corrected chi connectivity index (χ2v) is 8.65. The zero-order valence-electron chi connectivity index (χ0n) is 18.9. The lowest BCUT2D eigenvalue weighted by Gasteiger charge is -2.34. The van der Waals surface area contributed by atoms with Crippen LogP contribution in [0, 0.1) is 0 Å². The number of hydrogen-bond acceptors (Lipinski definition) is 4. The second kappa shape index (κ2) is 9.57. The lowest BCUT2D eigenvalue weighted by atomic mass is 10.2. The Bertz CT molecular complexity index is 1230. The van der Waals surface area contributed by atoms with Crippen molar-refractivity contribution >= 4 is 22.6 Å². The van der Waals surface area contributed by atoms with E-state index in [0.717, 1.165) is 61.8 Å². The Morgan fingerprint density at radius 2 is 1.48 bits per heavy atom. The monoisotopic (exact) mass is 439 g/mol. The molecule has 1 aliphatic heterocycles. The van der Waals surface area contributed by atoms with E-state index in [1.54, 1.807) is 0 Å². The molecule has 0 saturated carbocycles. The Morgan fingerprint density at radius 3 is 2.18 bits per heavy atom. The third-order valence-corrected chi connectivity index (χ3v) is 6.35. The number of aromatic nitrogens is 2. The SMILES string of the molecule is Cn1c(CN2CCN(Cc3ccccc3)CC2)nc2cc(NC(=O)c3ccccc3)ccc21. The van der Waals surface area contributed by atoms with Gasteiger partial charge in [-0.05, 0) is 35.9 Å². The number of fused-ring (bicyclic) bond motifs is 1. The summed E-state index contributed by atoms with van der Waals surface area (Å²) >= 11 is 0. The average molecular weight is 440 g/mol. The normalized spacial score (nSPS) is 15.1. The van der Waals surface area contributed by atoms with Crippen molar-refractivity contribution in [3.63, 3.8) is 0 Å². The highest BCUT2D eigenvalue weighted by molar-refractivity contribution is 6.04. The van der Waals surface area contributed by atoms with Gasteiger partial charge in [-0.15, -0.1) is 0 Å². The molecule has 0 radical (unpaired) electrons. The van der Waals surface area contributed by atoms with Gasteiger partial charge in [0.2, 0.25) is 0 Å². The highest BCUT2D eigenvalue weighted by Crippen LogP contribution is 2.21. The van der Waals surface area contributed by atoms with Gasteiger partial charge in [0.05, 0.1) is 17.6 Å². The molecule has 1 aromatic heterocycles. The van der Waals surface area contributed by atoms with E-state index in [1.165, 1.54) is 5.56 Å². The molecule has 4 aromatic rings. The van der Waals surface area contributed by atoms with Crippen LogP contribution in [0.2, 0.25) is 0 Å². The fraction of sp³-hybridized carbons (Fsp3) is 0.259. The van der Waals surface area contributed by atoms with Crippen molar-refractivity contribution in [2.75, 3.05) is 31.5 Å². The number of amides is 1. The molecule has 0 spiro atoms. The Hall–Kier alpha value is -3.48. The summed E-state index contributed by atoms with van der Waals surface area (Å²) in [4.78, 5) is 22.4. The van der Waals surface area contributed by atoms with Gasteiger partial charge in [0.15, 0.2) is 0 Å². The van der Waals surface area contributed by atoms with Gasteiger partial charge in [-0.2, -0.15) is 0 Å². The number of carbonyl (C=O) groups excluding carboxylic acids is 1. The molecule has 2 heterocycles. The van der Waals surface area contributed by atoms with E-state index in [2.05, 4.69) is 57.1 Å². The van der Waals surface area contributed by atoms with E-state index < -0.39 is 0 Å². The lowest BCUT2D eigenvalue weighted by Crippen LogP contribution is -2.45. The van der Waals surface area contributed by atoms with Gasteiger partial charge in [0, 0.05) is 51.0 Å². The van der Waals surface area contributed by atoms with Crippen molar-refractivity contribution in [2.45, 2.75) is 13.1 Å². The largest absolute Gasteiger partial charge is 0.330 e. The summed E-state index contributed by atoms with van der Waals surface area (Å²) in [6.07, 6.45) is 0. The maximum absolute atomic E-state index is 12.5. The van der Waals surface area contributed by atoms with Gasteiger partial charge in [0.1, 0.15) is 5.82 Å². The molecule has 168 valence electrons. The van der Waals surface area contributed by atoms with E-state index in [1.807, 2.05) is 48.5 Å². The van der Waals surface area contributed by atoms with Crippen LogP contribution >= 0.6 is 0 Å². The number of carbonyl (C=O) groups is 1. The van der Waals surface area contributed by atoms with Crippen molar-refractivity contribution in [2.24, 2.45) is 7.05 Å². The summed E-state index contributed by atoms with van der Waals surface area (Å²) < 4.78 is 2.16. The highest BCUT2D eigenvalue weighted by Gasteiger charge is 2.19.